The molecule has 1 aromatic carbocycles. The van der Waals surface area contributed by atoms with Crippen molar-refractivity contribution in [3.63, 3.8) is 0 Å². The van der Waals surface area contributed by atoms with Gasteiger partial charge in [-0.25, -0.2) is 0 Å². The predicted molar refractivity (Wildman–Crippen MR) is 80.2 cm³/mol. The maximum atomic E-state index is 12.3. The second kappa shape index (κ2) is 5.68. The van der Waals surface area contributed by atoms with Crippen molar-refractivity contribution < 1.29 is 14.3 Å². The van der Waals surface area contributed by atoms with Crippen LogP contribution in [0.3, 0.4) is 0 Å². The van der Waals surface area contributed by atoms with E-state index in [1.807, 2.05) is 25.1 Å². The van der Waals surface area contributed by atoms with Crippen molar-refractivity contribution >= 4 is 5.97 Å². The molecule has 0 bridgehead atoms. The number of benzene rings is 1. The van der Waals surface area contributed by atoms with Crippen LogP contribution in [0, 0.1) is 5.92 Å². The van der Waals surface area contributed by atoms with Gasteiger partial charge in [0.05, 0.1) is 13.2 Å². The molecule has 4 nitrogen and oxygen atoms in total. The summed E-state index contributed by atoms with van der Waals surface area (Å²) in [4.78, 5) is 14.6. The summed E-state index contributed by atoms with van der Waals surface area (Å²) < 4.78 is 11.2. The number of fused-ring (bicyclic) bond motifs is 3. The van der Waals surface area contributed by atoms with Crippen LogP contribution >= 0.6 is 0 Å². The van der Waals surface area contributed by atoms with Gasteiger partial charge in [-0.2, -0.15) is 0 Å². The molecule has 1 fully saturated rings. The summed E-state index contributed by atoms with van der Waals surface area (Å²) in [6, 6.07) is 8.56. The predicted octanol–water partition coefficient (Wildman–Crippen LogP) is 2.78. The fourth-order valence-electron chi connectivity index (χ4n) is 3.74. The second-order valence-electron chi connectivity index (χ2n) is 6.10. The molecule has 0 unspecified atom stereocenters. The summed E-state index contributed by atoms with van der Waals surface area (Å²) in [5.41, 5.74) is 1.20. The van der Waals surface area contributed by atoms with Crippen LogP contribution in [0.15, 0.2) is 24.3 Å². The van der Waals surface area contributed by atoms with Crippen molar-refractivity contribution in [1.82, 2.24) is 4.90 Å². The smallest absolute Gasteiger partial charge is 0.323 e. The SMILES string of the molecule is CCOC(=O)[C@@H]1C[C@H]2COc3ccccc3[C@H]2N1C(C)C. The van der Waals surface area contributed by atoms with Crippen molar-refractivity contribution in [3.05, 3.63) is 29.8 Å². The van der Waals surface area contributed by atoms with Crippen molar-refractivity contribution in [3.8, 4) is 5.75 Å². The van der Waals surface area contributed by atoms with Crippen LogP contribution in [-0.2, 0) is 9.53 Å². The van der Waals surface area contributed by atoms with Crippen molar-refractivity contribution in [2.75, 3.05) is 13.2 Å². The van der Waals surface area contributed by atoms with Gasteiger partial charge < -0.3 is 9.47 Å². The minimum Gasteiger partial charge on any atom is -0.493 e. The summed E-state index contributed by atoms with van der Waals surface area (Å²) in [7, 11) is 0. The van der Waals surface area contributed by atoms with E-state index in [9.17, 15) is 4.79 Å². The molecular formula is C17H23NO3. The molecule has 0 amide bonds. The van der Waals surface area contributed by atoms with Gasteiger partial charge in [0.1, 0.15) is 11.8 Å². The van der Waals surface area contributed by atoms with Crippen LogP contribution in [0.5, 0.6) is 5.75 Å². The largest absolute Gasteiger partial charge is 0.493 e. The van der Waals surface area contributed by atoms with E-state index in [1.165, 1.54) is 5.56 Å². The van der Waals surface area contributed by atoms with Crippen LogP contribution in [-0.4, -0.2) is 36.2 Å². The fraction of sp³-hybridized carbons (Fsp3) is 0.588. The summed E-state index contributed by atoms with van der Waals surface area (Å²) in [6.07, 6.45) is 0.815. The highest BCUT2D eigenvalue weighted by molar-refractivity contribution is 5.76. The molecule has 0 N–H and O–H groups in total. The number of esters is 1. The fourth-order valence-corrected chi connectivity index (χ4v) is 3.74. The summed E-state index contributed by atoms with van der Waals surface area (Å²) >= 11 is 0. The van der Waals surface area contributed by atoms with Gasteiger partial charge in [-0.15, -0.1) is 0 Å². The molecule has 3 rings (SSSR count). The lowest BCUT2D eigenvalue weighted by Gasteiger charge is -2.37. The van der Waals surface area contributed by atoms with E-state index < -0.39 is 0 Å². The first-order chi connectivity index (χ1) is 10.1. The molecule has 1 aromatic rings. The molecule has 0 aromatic heterocycles. The minimum atomic E-state index is -0.158. The Kier molecular flexibility index (Phi) is 3.89. The molecule has 2 heterocycles. The number of hydrogen-bond acceptors (Lipinski definition) is 4. The first-order valence-electron chi connectivity index (χ1n) is 7.79. The molecule has 114 valence electrons. The van der Waals surface area contributed by atoms with Crippen LogP contribution in [0.2, 0.25) is 0 Å². The van der Waals surface area contributed by atoms with Crippen molar-refractivity contribution in [2.45, 2.75) is 45.3 Å². The number of rotatable bonds is 3. The topological polar surface area (TPSA) is 38.8 Å². The summed E-state index contributed by atoms with van der Waals surface area (Å²) in [5.74, 6) is 1.21. The van der Waals surface area contributed by atoms with E-state index in [0.717, 1.165) is 12.2 Å². The minimum absolute atomic E-state index is 0.0990. The molecule has 4 heteroatoms. The lowest BCUT2D eigenvalue weighted by molar-refractivity contribution is -0.149. The quantitative estimate of drug-likeness (QED) is 0.802. The Morgan fingerprint density at radius 3 is 2.90 bits per heavy atom. The number of likely N-dealkylation sites (tertiary alicyclic amines) is 1. The van der Waals surface area contributed by atoms with Crippen molar-refractivity contribution in [1.29, 1.82) is 0 Å². The van der Waals surface area contributed by atoms with E-state index in [1.54, 1.807) is 0 Å². The van der Waals surface area contributed by atoms with E-state index in [-0.39, 0.29) is 18.1 Å². The van der Waals surface area contributed by atoms with E-state index in [2.05, 4.69) is 24.8 Å². The Balaban J connectivity index is 1.96. The summed E-state index contributed by atoms with van der Waals surface area (Å²) in [6.45, 7) is 7.27. The van der Waals surface area contributed by atoms with Crippen LogP contribution < -0.4 is 4.74 Å². The number of carbonyl (C=O) groups is 1. The summed E-state index contributed by atoms with van der Waals surface area (Å²) in [5, 5.41) is 0. The lowest BCUT2D eigenvalue weighted by atomic mass is 9.91. The monoisotopic (exact) mass is 289 g/mol. The molecule has 3 atom stereocenters. The Morgan fingerprint density at radius 2 is 2.19 bits per heavy atom. The standard InChI is InChI=1S/C17H23NO3/c1-4-20-17(19)14-9-12-10-21-15-8-6-5-7-13(15)16(12)18(14)11(2)3/h5-8,11-12,14,16H,4,9-10H2,1-3H3/t12-,14-,16-/m0/s1. The molecule has 0 spiro atoms. The van der Waals surface area contributed by atoms with Gasteiger partial charge in [0.25, 0.3) is 0 Å². The Bertz CT molecular complexity index is 529. The number of para-hydroxylation sites is 1. The highest BCUT2D eigenvalue weighted by Crippen LogP contribution is 2.48. The second-order valence-corrected chi connectivity index (χ2v) is 6.10. The molecule has 2 aliphatic rings. The van der Waals surface area contributed by atoms with E-state index in [4.69, 9.17) is 9.47 Å². The Hall–Kier alpha value is -1.55. The third kappa shape index (κ3) is 2.42. The third-order valence-corrected chi connectivity index (χ3v) is 4.50. The van der Waals surface area contributed by atoms with Gasteiger partial charge in [0.15, 0.2) is 0 Å². The molecule has 0 radical (unpaired) electrons. The zero-order valence-corrected chi connectivity index (χ0v) is 12.9. The molecular weight excluding hydrogens is 266 g/mol. The highest BCUT2D eigenvalue weighted by Gasteiger charge is 2.49. The van der Waals surface area contributed by atoms with E-state index in [0.29, 0.717) is 25.2 Å². The normalized spacial score (nSPS) is 27.9. The maximum Gasteiger partial charge on any atom is 0.323 e. The van der Waals surface area contributed by atoms with Crippen LogP contribution in [0.25, 0.3) is 0 Å². The van der Waals surface area contributed by atoms with E-state index >= 15 is 0 Å². The number of carbonyl (C=O) groups excluding carboxylic acids is 1. The van der Waals surface area contributed by atoms with Crippen LogP contribution in [0.4, 0.5) is 0 Å². The van der Waals surface area contributed by atoms with Gasteiger partial charge in [-0.05, 0) is 33.3 Å². The molecule has 0 aliphatic carbocycles. The highest BCUT2D eigenvalue weighted by atomic mass is 16.5. The van der Waals surface area contributed by atoms with Gasteiger partial charge in [-0.3, -0.25) is 9.69 Å². The molecule has 0 saturated carbocycles. The van der Waals surface area contributed by atoms with Gasteiger partial charge in [0.2, 0.25) is 0 Å². The maximum absolute atomic E-state index is 12.3. The molecule has 21 heavy (non-hydrogen) atoms. The molecule has 2 aliphatic heterocycles. The number of hydrogen-bond donors (Lipinski definition) is 0. The van der Waals surface area contributed by atoms with Crippen LogP contribution in [0.1, 0.15) is 38.8 Å². The first kappa shape index (κ1) is 14.4. The number of ether oxygens (including phenoxy) is 2. The van der Waals surface area contributed by atoms with Gasteiger partial charge >= 0.3 is 5.97 Å². The zero-order chi connectivity index (χ0) is 15.0. The van der Waals surface area contributed by atoms with Gasteiger partial charge in [0, 0.05) is 23.6 Å². The average molecular weight is 289 g/mol. The first-order valence-corrected chi connectivity index (χ1v) is 7.79. The molecule has 1 saturated heterocycles. The van der Waals surface area contributed by atoms with Crippen molar-refractivity contribution in [2.24, 2.45) is 5.92 Å². The third-order valence-electron chi connectivity index (χ3n) is 4.50. The average Bonchev–Trinajstić information content (AvgIpc) is 2.87. The zero-order valence-electron chi connectivity index (χ0n) is 12.9. The Labute approximate surface area is 126 Å². The van der Waals surface area contributed by atoms with Gasteiger partial charge in [-0.1, -0.05) is 18.2 Å². The number of nitrogens with zero attached hydrogens (tertiary/aromatic N) is 1. The Morgan fingerprint density at radius 1 is 1.43 bits per heavy atom. The lowest BCUT2D eigenvalue weighted by Crippen LogP contribution is -2.43.